The predicted molar refractivity (Wildman–Crippen MR) is 50.5 cm³/mol. The molecule has 1 heterocycles. The van der Waals surface area contributed by atoms with Crippen LogP contribution in [0.5, 0.6) is 0 Å². The Labute approximate surface area is 83.0 Å². The predicted octanol–water partition coefficient (Wildman–Crippen LogP) is -1.30. The highest BCUT2D eigenvalue weighted by Gasteiger charge is 2.17. The standard InChI is InChI=1S/C7H14N2O4S/c10-7(1-6-14(11,12)13)9-4-2-8-3-5-9/h8H,1-6H2,(H,11,12,13). The number of nitrogens with zero attached hydrogens (tertiary/aromatic N) is 1. The van der Waals surface area contributed by atoms with Gasteiger partial charge in [-0.05, 0) is 0 Å². The Morgan fingerprint density at radius 2 is 1.93 bits per heavy atom. The van der Waals surface area contributed by atoms with E-state index in [1.54, 1.807) is 4.90 Å². The van der Waals surface area contributed by atoms with Gasteiger partial charge >= 0.3 is 0 Å². The lowest BCUT2D eigenvalue weighted by atomic mass is 10.3. The first kappa shape index (κ1) is 11.4. The Kier molecular flexibility index (Phi) is 3.85. The molecule has 0 bridgehead atoms. The molecule has 1 aliphatic heterocycles. The molecular weight excluding hydrogens is 208 g/mol. The Bertz CT molecular complexity index is 295. The molecular formula is C7H14N2O4S. The summed E-state index contributed by atoms with van der Waals surface area (Å²) in [5.74, 6) is -0.709. The molecule has 0 aromatic rings. The van der Waals surface area contributed by atoms with E-state index in [2.05, 4.69) is 5.32 Å². The summed E-state index contributed by atoms with van der Waals surface area (Å²) < 4.78 is 29.2. The van der Waals surface area contributed by atoms with Gasteiger partial charge in [0.1, 0.15) is 0 Å². The summed E-state index contributed by atoms with van der Waals surface area (Å²) in [7, 11) is -4.02. The minimum Gasteiger partial charge on any atom is -0.340 e. The molecule has 0 unspecified atom stereocenters. The molecule has 0 atom stereocenters. The highest BCUT2D eigenvalue weighted by Crippen LogP contribution is 1.98. The number of carbonyl (C=O) groups excluding carboxylic acids is 1. The SMILES string of the molecule is O=C(CCS(=O)(=O)O)N1CCNCC1. The van der Waals surface area contributed by atoms with E-state index in [1.165, 1.54) is 0 Å². The fourth-order valence-corrected chi connectivity index (χ4v) is 1.72. The van der Waals surface area contributed by atoms with E-state index >= 15 is 0 Å². The molecule has 6 nitrogen and oxygen atoms in total. The Morgan fingerprint density at radius 1 is 1.36 bits per heavy atom. The zero-order valence-corrected chi connectivity index (χ0v) is 8.59. The van der Waals surface area contributed by atoms with Gasteiger partial charge in [0.05, 0.1) is 5.75 Å². The first-order chi connectivity index (χ1) is 6.49. The van der Waals surface area contributed by atoms with Crippen LogP contribution in [-0.4, -0.2) is 55.7 Å². The molecule has 1 rings (SSSR count). The van der Waals surface area contributed by atoms with E-state index in [0.29, 0.717) is 13.1 Å². The molecule has 1 amide bonds. The van der Waals surface area contributed by atoms with E-state index in [0.717, 1.165) is 13.1 Å². The molecule has 0 aliphatic carbocycles. The zero-order chi connectivity index (χ0) is 10.6. The first-order valence-corrected chi connectivity index (χ1v) is 6.03. The van der Waals surface area contributed by atoms with Gasteiger partial charge in [-0.3, -0.25) is 9.35 Å². The normalized spacial score (nSPS) is 18.2. The van der Waals surface area contributed by atoms with Crippen LogP contribution in [0.3, 0.4) is 0 Å². The van der Waals surface area contributed by atoms with Gasteiger partial charge in [0.25, 0.3) is 10.1 Å². The lowest BCUT2D eigenvalue weighted by Gasteiger charge is -2.27. The van der Waals surface area contributed by atoms with Crippen molar-refractivity contribution >= 4 is 16.0 Å². The van der Waals surface area contributed by atoms with Gasteiger partial charge in [-0.15, -0.1) is 0 Å². The summed E-state index contributed by atoms with van der Waals surface area (Å²) in [6.07, 6.45) is -0.140. The number of rotatable bonds is 3. The van der Waals surface area contributed by atoms with E-state index in [4.69, 9.17) is 4.55 Å². The van der Waals surface area contributed by atoms with Crippen LogP contribution in [-0.2, 0) is 14.9 Å². The van der Waals surface area contributed by atoms with Crippen LogP contribution in [0.25, 0.3) is 0 Å². The topological polar surface area (TPSA) is 86.7 Å². The monoisotopic (exact) mass is 222 g/mol. The third kappa shape index (κ3) is 4.03. The van der Waals surface area contributed by atoms with Gasteiger partial charge in [0.15, 0.2) is 0 Å². The van der Waals surface area contributed by atoms with Crippen molar-refractivity contribution in [1.82, 2.24) is 10.2 Å². The number of piperazine rings is 1. The number of hydrogen-bond donors (Lipinski definition) is 2. The van der Waals surface area contributed by atoms with Crippen molar-refractivity contribution in [2.24, 2.45) is 0 Å². The van der Waals surface area contributed by atoms with Gasteiger partial charge in [-0.2, -0.15) is 8.42 Å². The van der Waals surface area contributed by atoms with Crippen molar-refractivity contribution in [1.29, 1.82) is 0 Å². The molecule has 1 aliphatic rings. The fourth-order valence-electron chi connectivity index (χ4n) is 1.29. The van der Waals surface area contributed by atoms with E-state index in [1.807, 2.05) is 0 Å². The van der Waals surface area contributed by atoms with Crippen molar-refractivity contribution in [3.05, 3.63) is 0 Å². The summed E-state index contributed by atoms with van der Waals surface area (Å²) in [5, 5.41) is 3.08. The molecule has 14 heavy (non-hydrogen) atoms. The molecule has 82 valence electrons. The lowest BCUT2D eigenvalue weighted by Crippen LogP contribution is -2.46. The molecule has 7 heteroatoms. The number of carbonyl (C=O) groups is 1. The van der Waals surface area contributed by atoms with Gasteiger partial charge < -0.3 is 10.2 Å². The third-order valence-electron chi connectivity index (χ3n) is 2.04. The Balaban J connectivity index is 2.34. The molecule has 0 spiro atoms. The molecule has 1 saturated heterocycles. The molecule has 0 aromatic heterocycles. The third-order valence-corrected chi connectivity index (χ3v) is 2.76. The summed E-state index contributed by atoms with van der Waals surface area (Å²) in [6.45, 7) is 2.67. The molecule has 0 radical (unpaired) electrons. The largest absolute Gasteiger partial charge is 0.340 e. The van der Waals surface area contributed by atoms with Crippen molar-refractivity contribution in [3.63, 3.8) is 0 Å². The quantitative estimate of drug-likeness (QED) is 0.579. The van der Waals surface area contributed by atoms with Gasteiger partial charge in [-0.25, -0.2) is 0 Å². The van der Waals surface area contributed by atoms with Crippen LogP contribution < -0.4 is 5.32 Å². The highest BCUT2D eigenvalue weighted by molar-refractivity contribution is 7.85. The second-order valence-electron chi connectivity index (χ2n) is 3.17. The van der Waals surface area contributed by atoms with Crippen LogP contribution in [0.1, 0.15) is 6.42 Å². The van der Waals surface area contributed by atoms with E-state index < -0.39 is 15.9 Å². The Morgan fingerprint density at radius 3 is 2.43 bits per heavy atom. The average Bonchev–Trinajstić information content (AvgIpc) is 2.14. The van der Waals surface area contributed by atoms with Gasteiger partial charge in [-0.1, -0.05) is 0 Å². The van der Waals surface area contributed by atoms with Crippen molar-refractivity contribution in [2.75, 3.05) is 31.9 Å². The van der Waals surface area contributed by atoms with Crippen LogP contribution in [0.4, 0.5) is 0 Å². The van der Waals surface area contributed by atoms with Crippen molar-refractivity contribution < 1.29 is 17.8 Å². The maximum Gasteiger partial charge on any atom is 0.265 e. The molecule has 1 fully saturated rings. The summed E-state index contributed by atoms with van der Waals surface area (Å²) in [6, 6.07) is 0. The van der Waals surface area contributed by atoms with Gasteiger partial charge in [0, 0.05) is 32.6 Å². The smallest absolute Gasteiger partial charge is 0.265 e. The second kappa shape index (κ2) is 4.72. The average molecular weight is 222 g/mol. The highest BCUT2D eigenvalue weighted by atomic mass is 32.2. The van der Waals surface area contributed by atoms with Crippen LogP contribution in [0.2, 0.25) is 0 Å². The number of hydrogen-bond acceptors (Lipinski definition) is 4. The van der Waals surface area contributed by atoms with Crippen LogP contribution in [0.15, 0.2) is 0 Å². The second-order valence-corrected chi connectivity index (χ2v) is 4.74. The van der Waals surface area contributed by atoms with Crippen LogP contribution in [0, 0.1) is 0 Å². The zero-order valence-electron chi connectivity index (χ0n) is 7.77. The number of amides is 1. The molecule has 0 aromatic carbocycles. The molecule has 0 saturated carbocycles. The maximum atomic E-state index is 11.4. The Hall–Kier alpha value is -0.660. The van der Waals surface area contributed by atoms with Gasteiger partial charge in [0.2, 0.25) is 5.91 Å². The van der Waals surface area contributed by atoms with Crippen molar-refractivity contribution in [3.8, 4) is 0 Å². The van der Waals surface area contributed by atoms with E-state index in [-0.39, 0.29) is 12.3 Å². The lowest BCUT2D eigenvalue weighted by molar-refractivity contribution is -0.131. The summed E-state index contributed by atoms with van der Waals surface area (Å²) in [4.78, 5) is 13.0. The minimum atomic E-state index is -4.02. The maximum absolute atomic E-state index is 11.4. The number of nitrogens with one attached hydrogen (secondary N) is 1. The first-order valence-electron chi connectivity index (χ1n) is 4.43. The van der Waals surface area contributed by atoms with E-state index in [9.17, 15) is 13.2 Å². The fraction of sp³-hybridized carbons (Fsp3) is 0.857. The van der Waals surface area contributed by atoms with Crippen LogP contribution >= 0.6 is 0 Å². The summed E-state index contributed by atoms with van der Waals surface area (Å²) in [5.41, 5.74) is 0. The summed E-state index contributed by atoms with van der Waals surface area (Å²) >= 11 is 0. The minimum absolute atomic E-state index is 0.140. The van der Waals surface area contributed by atoms with Crippen molar-refractivity contribution in [2.45, 2.75) is 6.42 Å². The molecule has 2 N–H and O–H groups in total.